The zero-order valence-corrected chi connectivity index (χ0v) is 12.8. The Hall–Kier alpha value is -1.58. The topological polar surface area (TPSA) is 46.3 Å². The van der Waals surface area contributed by atoms with E-state index in [1.807, 2.05) is 4.90 Å². The van der Waals surface area contributed by atoms with Crippen molar-refractivity contribution >= 4 is 11.6 Å². The number of carbonyl (C=O) groups is 1. The Labute approximate surface area is 121 Å². The highest BCUT2D eigenvalue weighted by Crippen LogP contribution is 2.21. The number of amides is 1. The van der Waals surface area contributed by atoms with Gasteiger partial charge in [-0.1, -0.05) is 33.8 Å². The van der Waals surface area contributed by atoms with Crippen LogP contribution in [-0.2, 0) is 0 Å². The van der Waals surface area contributed by atoms with Gasteiger partial charge in [0, 0.05) is 12.6 Å². The predicted molar refractivity (Wildman–Crippen MR) is 81.1 cm³/mol. The molecule has 2 N–H and O–H groups in total. The van der Waals surface area contributed by atoms with Crippen LogP contribution in [0.15, 0.2) is 18.2 Å². The lowest BCUT2D eigenvalue weighted by atomic mass is 10.0. The minimum atomic E-state index is -0.537. The molecule has 1 aromatic rings. The second-order valence-electron chi connectivity index (χ2n) is 5.52. The smallest absolute Gasteiger partial charge is 0.256 e. The maximum atomic E-state index is 13.5. The first-order valence-electron chi connectivity index (χ1n) is 7.27. The normalized spacial score (nSPS) is 11.2. The number of para-hydroxylation sites is 1. The van der Waals surface area contributed by atoms with Gasteiger partial charge in [-0.15, -0.1) is 0 Å². The van der Waals surface area contributed by atoms with E-state index in [1.54, 1.807) is 6.07 Å². The fourth-order valence-electron chi connectivity index (χ4n) is 2.40. The van der Waals surface area contributed by atoms with Crippen molar-refractivity contribution in [1.82, 2.24) is 4.90 Å². The van der Waals surface area contributed by atoms with Crippen molar-refractivity contribution < 1.29 is 9.18 Å². The van der Waals surface area contributed by atoms with E-state index in [9.17, 15) is 9.18 Å². The molecule has 1 rings (SSSR count). The number of halogens is 1. The van der Waals surface area contributed by atoms with E-state index in [0.29, 0.717) is 12.5 Å². The molecule has 0 radical (unpaired) electrons. The van der Waals surface area contributed by atoms with E-state index in [-0.39, 0.29) is 23.2 Å². The number of anilines is 1. The molecule has 0 atom stereocenters. The summed E-state index contributed by atoms with van der Waals surface area (Å²) in [5, 5.41) is 0. The van der Waals surface area contributed by atoms with E-state index in [0.717, 1.165) is 12.8 Å². The Morgan fingerprint density at radius 2 is 1.90 bits per heavy atom. The highest BCUT2D eigenvalue weighted by molar-refractivity contribution is 5.99. The van der Waals surface area contributed by atoms with Crippen LogP contribution in [0.4, 0.5) is 10.1 Å². The number of nitrogens with zero attached hydrogens (tertiary/aromatic N) is 1. The lowest BCUT2D eigenvalue weighted by Gasteiger charge is -2.32. The molecule has 3 nitrogen and oxygen atoms in total. The molecule has 0 unspecified atom stereocenters. The summed E-state index contributed by atoms with van der Waals surface area (Å²) in [6.07, 6.45) is 1.76. The summed E-state index contributed by atoms with van der Waals surface area (Å²) in [7, 11) is 0. The number of nitrogens with two attached hydrogens (primary N) is 1. The van der Waals surface area contributed by atoms with Gasteiger partial charge in [0.2, 0.25) is 0 Å². The number of rotatable bonds is 6. The van der Waals surface area contributed by atoms with Crippen molar-refractivity contribution in [1.29, 1.82) is 0 Å². The summed E-state index contributed by atoms with van der Waals surface area (Å²) in [6, 6.07) is 4.55. The zero-order chi connectivity index (χ0) is 15.3. The molecule has 0 heterocycles. The average molecular weight is 280 g/mol. The van der Waals surface area contributed by atoms with Crippen LogP contribution in [0, 0.1) is 11.7 Å². The largest absolute Gasteiger partial charge is 0.396 e. The third kappa shape index (κ3) is 3.71. The van der Waals surface area contributed by atoms with Gasteiger partial charge in [-0.05, 0) is 30.9 Å². The first kappa shape index (κ1) is 16.5. The number of hydrogen-bond donors (Lipinski definition) is 1. The van der Waals surface area contributed by atoms with Crippen LogP contribution in [0.25, 0.3) is 0 Å². The highest BCUT2D eigenvalue weighted by Gasteiger charge is 2.25. The van der Waals surface area contributed by atoms with E-state index in [2.05, 4.69) is 27.7 Å². The maximum Gasteiger partial charge on any atom is 0.256 e. The molecule has 0 fully saturated rings. The second kappa shape index (κ2) is 7.27. The lowest BCUT2D eigenvalue weighted by molar-refractivity contribution is 0.0641. The van der Waals surface area contributed by atoms with Crippen LogP contribution in [0.2, 0.25) is 0 Å². The zero-order valence-electron chi connectivity index (χ0n) is 12.8. The van der Waals surface area contributed by atoms with E-state index >= 15 is 0 Å². The van der Waals surface area contributed by atoms with Crippen molar-refractivity contribution in [3.8, 4) is 0 Å². The van der Waals surface area contributed by atoms with Crippen molar-refractivity contribution in [2.45, 2.75) is 46.6 Å². The predicted octanol–water partition coefficient (Wildman–Crippen LogP) is 3.69. The lowest BCUT2D eigenvalue weighted by Crippen LogP contribution is -2.42. The van der Waals surface area contributed by atoms with Crippen LogP contribution >= 0.6 is 0 Å². The van der Waals surface area contributed by atoms with Crippen LogP contribution in [0.3, 0.4) is 0 Å². The van der Waals surface area contributed by atoms with E-state index in [1.165, 1.54) is 12.1 Å². The van der Waals surface area contributed by atoms with Gasteiger partial charge in [0.25, 0.3) is 5.91 Å². The Bertz CT molecular complexity index is 456. The molecule has 0 aliphatic carbocycles. The highest BCUT2D eigenvalue weighted by atomic mass is 19.1. The van der Waals surface area contributed by atoms with Crippen LogP contribution in [0.1, 0.15) is 50.9 Å². The fraction of sp³-hybridized carbons (Fsp3) is 0.562. The quantitative estimate of drug-likeness (QED) is 0.808. The molecule has 0 bridgehead atoms. The summed E-state index contributed by atoms with van der Waals surface area (Å²) in [5.41, 5.74) is 5.92. The van der Waals surface area contributed by atoms with Crippen LogP contribution in [-0.4, -0.2) is 23.4 Å². The minimum Gasteiger partial charge on any atom is -0.396 e. The molecular weight excluding hydrogens is 255 g/mol. The second-order valence-corrected chi connectivity index (χ2v) is 5.52. The molecule has 4 heteroatoms. The summed E-state index contributed by atoms with van der Waals surface area (Å²) in [6.45, 7) is 8.91. The van der Waals surface area contributed by atoms with Crippen molar-refractivity contribution in [2.75, 3.05) is 12.3 Å². The van der Waals surface area contributed by atoms with E-state index in [4.69, 9.17) is 5.73 Å². The van der Waals surface area contributed by atoms with Gasteiger partial charge < -0.3 is 10.6 Å². The number of nitrogen functional groups attached to an aromatic ring is 1. The Balaban J connectivity index is 3.12. The molecule has 1 aromatic carbocycles. The number of hydrogen-bond acceptors (Lipinski definition) is 2. The molecule has 20 heavy (non-hydrogen) atoms. The van der Waals surface area contributed by atoms with Gasteiger partial charge in [-0.3, -0.25) is 4.79 Å². The molecule has 0 aliphatic heterocycles. The van der Waals surface area contributed by atoms with Gasteiger partial charge in [-0.2, -0.15) is 0 Å². The molecule has 0 saturated heterocycles. The number of benzene rings is 1. The van der Waals surface area contributed by atoms with Crippen molar-refractivity contribution in [3.05, 3.63) is 29.6 Å². The van der Waals surface area contributed by atoms with Gasteiger partial charge in [0.15, 0.2) is 0 Å². The standard InChI is InChI=1S/C16H25FN2O/c1-5-12(6-2)19(10-11(3)4)16(20)13-8-7-9-14(17)15(13)18/h7-9,11-12H,5-6,10,18H2,1-4H3. The summed E-state index contributed by atoms with van der Waals surface area (Å²) in [5.74, 6) is -0.358. The third-order valence-corrected chi connectivity index (χ3v) is 3.49. The molecule has 0 aliphatic rings. The SMILES string of the molecule is CCC(CC)N(CC(C)C)C(=O)c1cccc(F)c1N. The first-order chi connectivity index (χ1) is 9.42. The van der Waals surface area contributed by atoms with Gasteiger partial charge in [0.05, 0.1) is 11.3 Å². The van der Waals surface area contributed by atoms with Crippen LogP contribution in [0.5, 0.6) is 0 Å². The molecular formula is C16H25FN2O. The Morgan fingerprint density at radius 3 is 2.40 bits per heavy atom. The molecule has 0 spiro atoms. The van der Waals surface area contributed by atoms with Crippen LogP contribution < -0.4 is 5.73 Å². The molecule has 0 saturated carbocycles. The average Bonchev–Trinajstić information content (AvgIpc) is 2.41. The minimum absolute atomic E-state index is 0.0581. The van der Waals surface area contributed by atoms with Crippen molar-refractivity contribution in [3.63, 3.8) is 0 Å². The first-order valence-corrected chi connectivity index (χ1v) is 7.27. The molecule has 0 aromatic heterocycles. The van der Waals surface area contributed by atoms with Gasteiger partial charge in [-0.25, -0.2) is 4.39 Å². The summed E-state index contributed by atoms with van der Waals surface area (Å²) < 4.78 is 13.5. The third-order valence-electron chi connectivity index (χ3n) is 3.49. The summed E-state index contributed by atoms with van der Waals surface area (Å²) in [4.78, 5) is 14.5. The number of carbonyl (C=O) groups excluding carboxylic acids is 1. The Morgan fingerprint density at radius 1 is 1.30 bits per heavy atom. The van der Waals surface area contributed by atoms with Crippen molar-refractivity contribution in [2.24, 2.45) is 5.92 Å². The maximum absolute atomic E-state index is 13.5. The monoisotopic (exact) mass is 280 g/mol. The fourth-order valence-corrected chi connectivity index (χ4v) is 2.40. The van der Waals surface area contributed by atoms with Gasteiger partial charge in [0.1, 0.15) is 5.82 Å². The molecule has 1 amide bonds. The summed E-state index contributed by atoms with van der Waals surface area (Å²) >= 11 is 0. The molecule has 112 valence electrons. The van der Waals surface area contributed by atoms with E-state index < -0.39 is 5.82 Å². The van der Waals surface area contributed by atoms with Gasteiger partial charge >= 0.3 is 0 Å². The Kier molecular flexibility index (Phi) is 5.99.